The van der Waals surface area contributed by atoms with Crippen molar-refractivity contribution in [2.75, 3.05) is 7.11 Å². The number of hydrogen-bond donors (Lipinski definition) is 2. The molecule has 0 aliphatic heterocycles. The van der Waals surface area contributed by atoms with Crippen LogP contribution >= 0.6 is 0 Å². The van der Waals surface area contributed by atoms with E-state index in [0.29, 0.717) is 5.75 Å². The molecule has 2 atom stereocenters. The molecule has 0 aromatic heterocycles. The van der Waals surface area contributed by atoms with Gasteiger partial charge in [0.05, 0.1) is 18.0 Å². The van der Waals surface area contributed by atoms with Crippen LogP contribution in [0, 0.1) is 0 Å². The van der Waals surface area contributed by atoms with E-state index in [9.17, 15) is 13.2 Å². The number of hydrogen-bond acceptors (Lipinski definition) is 4. The number of amides is 1. The van der Waals surface area contributed by atoms with Crippen molar-refractivity contribution in [1.29, 1.82) is 0 Å². The highest BCUT2D eigenvalue weighted by Gasteiger charge is 2.22. The van der Waals surface area contributed by atoms with Crippen molar-refractivity contribution in [2.45, 2.75) is 44.2 Å². The van der Waals surface area contributed by atoms with E-state index >= 15 is 0 Å². The van der Waals surface area contributed by atoms with Gasteiger partial charge in [0.2, 0.25) is 15.9 Å². The summed E-state index contributed by atoms with van der Waals surface area (Å²) in [5.41, 5.74) is 0. The van der Waals surface area contributed by atoms with Crippen LogP contribution in [0.5, 0.6) is 5.75 Å². The molecule has 1 aromatic rings. The van der Waals surface area contributed by atoms with Crippen LogP contribution in [0.1, 0.15) is 27.2 Å². The van der Waals surface area contributed by atoms with Crippen LogP contribution in [0.4, 0.5) is 0 Å². The molecule has 21 heavy (non-hydrogen) atoms. The highest BCUT2D eigenvalue weighted by molar-refractivity contribution is 7.89. The lowest BCUT2D eigenvalue weighted by molar-refractivity contribution is -0.122. The highest BCUT2D eigenvalue weighted by atomic mass is 32.2. The SMILES string of the molecule is CC[C@H](C)NC(=O)[C@H](C)NS(=O)(=O)c1ccc(OC)cc1. The zero-order valence-corrected chi connectivity index (χ0v) is 13.5. The van der Waals surface area contributed by atoms with Gasteiger partial charge in [0.25, 0.3) is 0 Å². The first-order chi connectivity index (χ1) is 9.80. The van der Waals surface area contributed by atoms with E-state index in [-0.39, 0.29) is 16.8 Å². The van der Waals surface area contributed by atoms with E-state index in [4.69, 9.17) is 4.74 Å². The van der Waals surface area contributed by atoms with Gasteiger partial charge in [0.1, 0.15) is 5.75 Å². The molecule has 1 aromatic carbocycles. The third kappa shape index (κ3) is 5.02. The number of rotatable bonds is 7. The predicted molar refractivity (Wildman–Crippen MR) is 80.7 cm³/mol. The van der Waals surface area contributed by atoms with Gasteiger partial charge in [-0.3, -0.25) is 4.79 Å². The molecule has 118 valence electrons. The lowest BCUT2D eigenvalue weighted by atomic mass is 10.2. The topological polar surface area (TPSA) is 84.5 Å². The van der Waals surface area contributed by atoms with E-state index < -0.39 is 16.1 Å². The molecular formula is C14H22N2O4S. The number of methoxy groups -OCH3 is 1. The first kappa shape index (κ1) is 17.5. The van der Waals surface area contributed by atoms with E-state index in [0.717, 1.165) is 6.42 Å². The van der Waals surface area contributed by atoms with Crippen molar-refractivity contribution in [2.24, 2.45) is 0 Å². The zero-order valence-electron chi connectivity index (χ0n) is 12.7. The fraction of sp³-hybridized carbons (Fsp3) is 0.500. The number of carbonyl (C=O) groups excluding carboxylic acids is 1. The number of nitrogens with one attached hydrogen (secondary N) is 2. The van der Waals surface area contributed by atoms with Gasteiger partial charge in [0.15, 0.2) is 0 Å². The van der Waals surface area contributed by atoms with Crippen molar-refractivity contribution in [3.05, 3.63) is 24.3 Å². The molecule has 1 rings (SSSR count). The molecule has 0 saturated carbocycles. The number of ether oxygens (including phenoxy) is 1. The van der Waals surface area contributed by atoms with Crippen molar-refractivity contribution in [3.63, 3.8) is 0 Å². The molecule has 0 bridgehead atoms. The Balaban J connectivity index is 2.77. The maximum absolute atomic E-state index is 12.2. The highest BCUT2D eigenvalue weighted by Crippen LogP contribution is 2.15. The summed E-state index contributed by atoms with van der Waals surface area (Å²) in [6.07, 6.45) is 0.781. The minimum absolute atomic E-state index is 0.00504. The maximum Gasteiger partial charge on any atom is 0.241 e. The standard InChI is InChI=1S/C14H22N2O4S/c1-5-10(2)15-14(17)11(3)16-21(18,19)13-8-6-12(20-4)7-9-13/h6-11,16H,5H2,1-4H3,(H,15,17)/t10-,11-/m0/s1. The molecule has 0 unspecified atom stereocenters. The first-order valence-corrected chi connectivity index (χ1v) is 8.25. The van der Waals surface area contributed by atoms with E-state index in [1.54, 1.807) is 12.1 Å². The number of benzene rings is 1. The summed E-state index contributed by atoms with van der Waals surface area (Å²) in [6, 6.07) is 5.13. The molecule has 0 heterocycles. The Morgan fingerprint density at radius 3 is 2.29 bits per heavy atom. The maximum atomic E-state index is 12.2. The first-order valence-electron chi connectivity index (χ1n) is 6.77. The monoisotopic (exact) mass is 314 g/mol. The number of carbonyl (C=O) groups is 1. The van der Waals surface area contributed by atoms with Gasteiger partial charge in [-0.2, -0.15) is 4.72 Å². The fourth-order valence-corrected chi connectivity index (χ4v) is 2.78. The van der Waals surface area contributed by atoms with Crippen LogP contribution in [0.3, 0.4) is 0 Å². The summed E-state index contributed by atoms with van der Waals surface area (Å²) >= 11 is 0. The van der Waals surface area contributed by atoms with Gasteiger partial charge in [-0.1, -0.05) is 6.92 Å². The Hall–Kier alpha value is -1.60. The van der Waals surface area contributed by atoms with Crippen molar-refractivity contribution in [1.82, 2.24) is 10.0 Å². The lowest BCUT2D eigenvalue weighted by Crippen LogP contribution is -2.47. The number of sulfonamides is 1. The van der Waals surface area contributed by atoms with Crippen LogP contribution in [0.15, 0.2) is 29.2 Å². The summed E-state index contributed by atoms with van der Waals surface area (Å²) in [5, 5.41) is 2.74. The molecule has 0 radical (unpaired) electrons. The van der Waals surface area contributed by atoms with Crippen LogP contribution in [0.25, 0.3) is 0 Å². The molecule has 6 nitrogen and oxygen atoms in total. The summed E-state index contributed by atoms with van der Waals surface area (Å²) < 4.78 is 31.7. The van der Waals surface area contributed by atoms with Crippen LogP contribution in [0.2, 0.25) is 0 Å². The average molecular weight is 314 g/mol. The van der Waals surface area contributed by atoms with Gasteiger partial charge < -0.3 is 10.1 Å². The predicted octanol–water partition coefficient (Wildman–Crippen LogP) is 1.28. The third-order valence-corrected chi connectivity index (χ3v) is 4.65. The Kier molecular flexibility index (Phi) is 6.17. The summed E-state index contributed by atoms with van der Waals surface area (Å²) in [7, 11) is -2.24. The summed E-state index contributed by atoms with van der Waals surface area (Å²) in [4.78, 5) is 12.0. The fourth-order valence-electron chi connectivity index (χ4n) is 1.58. The van der Waals surface area contributed by atoms with Crippen LogP contribution in [-0.4, -0.2) is 33.5 Å². The normalized spacial score (nSPS) is 14.3. The van der Waals surface area contributed by atoms with Gasteiger partial charge in [-0.25, -0.2) is 8.42 Å². The molecule has 0 saturated heterocycles. The molecule has 1 amide bonds. The van der Waals surface area contributed by atoms with Crippen LogP contribution < -0.4 is 14.8 Å². The van der Waals surface area contributed by atoms with E-state index in [2.05, 4.69) is 10.0 Å². The van der Waals surface area contributed by atoms with Gasteiger partial charge in [-0.15, -0.1) is 0 Å². The van der Waals surface area contributed by atoms with Crippen LogP contribution in [-0.2, 0) is 14.8 Å². The molecule has 0 fully saturated rings. The second kappa shape index (κ2) is 7.42. The minimum Gasteiger partial charge on any atom is -0.497 e. The summed E-state index contributed by atoms with van der Waals surface area (Å²) in [5.74, 6) is 0.220. The van der Waals surface area contributed by atoms with Gasteiger partial charge in [-0.05, 0) is 44.5 Å². The van der Waals surface area contributed by atoms with Crippen molar-refractivity contribution in [3.8, 4) is 5.75 Å². The largest absolute Gasteiger partial charge is 0.497 e. The van der Waals surface area contributed by atoms with Crippen molar-refractivity contribution >= 4 is 15.9 Å². The average Bonchev–Trinajstić information content (AvgIpc) is 2.46. The summed E-state index contributed by atoms with van der Waals surface area (Å²) in [6.45, 7) is 5.32. The molecule has 0 aliphatic carbocycles. The molecule has 7 heteroatoms. The second-order valence-corrected chi connectivity index (χ2v) is 6.55. The molecule has 0 aliphatic rings. The quantitative estimate of drug-likeness (QED) is 0.794. The molecular weight excluding hydrogens is 292 g/mol. The lowest BCUT2D eigenvalue weighted by Gasteiger charge is -2.17. The second-order valence-electron chi connectivity index (χ2n) is 4.84. The van der Waals surface area contributed by atoms with Gasteiger partial charge >= 0.3 is 0 Å². The third-order valence-electron chi connectivity index (χ3n) is 3.10. The zero-order chi connectivity index (χ0) is 16.0. The van der Waals surface area contributed by atoms with E-state index in [1.807, 2.05) is 13.8 Å². The minimum atomic E-state index is -3.74. The Bertz CT molecular complexity index is 569. The Labute approximate surface area is 125 Å². The Morgan fingerprint density at radius 2 is 1.81 bits per heavy atom. The Morgan fingerprint density at radius 1 is 1.24 bits per heavy atom. The van der Waals surface area contributed by atoms with Crippen molar-refractivity contribution < 1.29 is 17.9 Å². The van der Waals surface area contributed by atoms with Gasteiger partial charge in [0, 0.05) is 6.04 Å². The smallest absolute Gasteiger partial charge is 0.241 e. The molecule has 2 N–H and O–H groups in total. The van der Waals surface area contributed by atoms with E-state index in [1.165, 1.54) is 26.2 Å². The molecule has 0 spiro atoms.